The van der Waals surface area contributed by atoms with Crippen molar-refractivity contribution in [3.8, 4) is 11.5 Å². The second kappa shape index (κ2) is 11.8. The van der Waals surface area contributed by atoms with Crippen molar-refractivity contribution in [2.45, 2.75) is 30.7 Å². The fourth-order valence-electron chi connectivity index (χ4n) is 2.80. The Labute approximate surface area is 177 Å². The molecule has 1 fully saturated rings. The minimum absolute atomic E-state index is 0.224. The Morgan fingerprint density at radius 2 is 1.84 bits per heavy atom. The smallest absolute Gasteiger partial charge is 0.331 e. The first kappa shape index (κ1) is 24.8. The molecule has 0 bridgehead atoms. The Kier molecular flexibility index (Phi) is 9.40. The lowest BCUT2D eigenvalue weighted by molar-refractivity contribution is -0.300. The van der Waals surface area contributed by atoms with Gasteiger partial charge < -0.3 is 50.0 Å². The third-order valence-corrected chi connectivity index (χ3v) is 4.50. The molecule has 31 heavy (non-hydrogen) atoms. The SMILES string of the molecule is O=C(/C=C/c1ccc(O)c(O)c1)O[C@H]1[C@@H](O)[C@H](OC/C(=C/CO)CO)O[C@H](CO)[C@H]1O. The zero-order valence-electron chi connectivity index (χ0n) is 16.4. The number of carbonyl (C=O) groups is 1. The van der Waals surface area contributed by atoms with Gasteiger partial charge in [-0.2, -0.15) is 0 Å². The summed E-state index contributed by atoms with van der Waals surface area (Å²) in [6.07, 6.45) is -3.73. The van der Waals surface area contributed by atoms with Crippen LogP contribution in [0.1, 0.15) is 5.56 Å². The molecule has 5 atom stereocenters. The van der Waals surface area contributed by atoms with Gasteiger partial charge in [-0.25, -0.2) is 4.79 Å². The first-order valence-corrected chi connectivity index (χ1v) is 9.35. The summed E-state index contributed by atoms with van der Waals surface area (Å²) < 4.78 is 15.8. The van der Waals surface area contributed by atoms with E-state index in [-0.39, 0.29) is 24.7 Å². The van der Waals surface area contributed by atoms with Gasteiger partial charge in [-0.15, -0.1) is 0 Å². The van der Waals surface area contributed by atoms with Crippen LogP contribution < -0.4 is 0 Å². The van der Waals surface area contributed by atoms with E-state index in [0.717, 1.165) is 6.08 Å². The van der Waals surface area contributed by atoms with Crippen molar-refractivity contribution in [2.24, 2.45) is 0 Å². The van der Waals surface area contributed by atoms with Crippen LogP contribution in [-0.2, 0) is 19.0 Å². The fraction of sp³-hybridized carbons (Fsp3) is 0.450. The molecule has 0 radical (unpaired) electrons. The van der Waals surface area contributed by atoms with E-state index in [9.17, 15) is 35.4 Å². The Morgan fingerprint density at radius 3 is 2.45 bits per heavy atom. The largest absolute Gasteiger partial charge is 0.504 e. The number of esters is 1. The van der Waals surface area contributed by atoms with Gasteiger partial charge in [0.25, 0.3) is 0 Å². The zero-order chi connectivity index (χ0) is 23.0. The van der Waals surface area contributed by atoms with Crippen molar-refractivity contribution in [1.82, 2.24) is 0 Å². The maximum absolute atomic E-state index is 12.2. The number of hydrogen-bond donors (Lipinski definition) is 7. The lowest BCUT2D eigenvalue weighted by atomic mass is 9.99. The lowest BCUT2D eigenvalue weighted by Crippen LogP contribution is -2.60. The number of aliphatic hydroxyl groups is 5. The molecule has 0 spiro atoms. The molecule has 1 aliphatic rings. The second-order valence-corrected chi connectivity index (χ2v) is 6.70. The molecule has 0 unspecified atom stereocenters. The minimum Gasteiger partial charge on any atom is -0.504 e. The van der Waals surface area contributed by atoms with Crippen LogP contribution in [0.4, 0.5) is 0 Å². The van der Waals surface area contributed by atoms with E-state index in [1.807, 2.05) is 0 Å². The summed E-state index contributed by atoms with van der Waals surface area (Å²) in [4.78, 5) is 12.2. The highest BCUT2D eigenvalue weighted by Crippen LogP contribution is 2.26. The van der Waals surface area contributed by atoms with Crippen molar-refractivity contribution in [2.75, 3.05) is 26.4 Å². The maximum atomic E-state index is 12.2. The number of phenolic OH excluding ortho intramolecular Hbond substituents is 2. The molecule has 0 amide bonds. The number of carbonyl (C=O) groups excluding carboxylic acids is 1. The monoisotopic (exact) mass is 442 g/mol. The van der Waals surface area contributed by atoms with Crippen molar-refractivity contribution in [3.05, 3.63) is 41.5 Å². The predicted molar refractivity (Wildman–Crippen MR) is 105 cm³/mol. The molecule has 11 nitrogen and oxygen atoms in total. The molecule has 1 aliphatic heterocycles. The topological polar surface area (TPSA) is 186 Å². The number of ether oxygens (including phenoxy) is 3. The van der Waals surface area contributed by atoms with Crippen LogP contribution in [0.5, 0.6) is 11.5 Å². The molecule has 2 rings (SSSR count). The minimum atomic E-state index is -1.62. The van der Waals surface area contributed by atoms with Gasteiger partial charge in [0.15, 0.2) is 23.9 Å². The third-order valence-electron chi connectivity index (χ3n) is 4.50. The van der Waals surface area contributed by atoms with Crippen LogP contribution >= 0.6 is 0 Å². The van der Waals surface area contributed by atoms with Gasteiger partial charge in [0.2, 0.25) is 0 Å². The van der Waals surface area contributed by atoms with E-state index in [2.05, 4.69) is 0 Å². The van der Waals surface area contributed by atoms with E-state index in [4.69, 9.17) is 19.3 Å². The van der Waals surface area contributed by atoms with E-state index in [1.54, 1.807) is 0 Å². The van der Waals surface area contributed by atoms with E-state index in [0.29, 0.717) is 11.1 Å². The van der Waals surface area contributed by atoms with Gasteiger partial charge in [-0.1, -0.05) is 12.1 Å². The van der Waals surface area contributed by atoms with Crippen molar-refractivity contribution < 1.29 is 54.8 Å². The van der Waals surface area contributed by atoms with Gasteiger partial charge in [-0.3, -0.25) is 0 Å². The second-order valence-electron chi connectivity index (χ2n) is 6.70. The number of hydrogen-bond acceptors (Lipinski definition) is 11. The average Bonchev–Trinajstić information content (AvgIpc) is 2.76. The molecule has 11 heteroatoms. The van der Waals surface area contributed by atoms with Crippen LogP contribution in [0.2, 0.25) is 0 Å². The molecular formula is C20H26O11. The highest BCUT2D eigenvalue weighted by atomic mass is 16.7. The highest BCUT2D eigenvalue weighted by molar-refractivity contribution is 5.87. The highest BCUT2D eigenvalue weighted by Gasteiger charge is 2.47. The van der Waals surface area contributed by atoms with Crippen LogP contribution in [-0.4, -0.2) is 98.8 Å². The molecule has 0 aromatic heterocycles. The standard InChI is InChI=1S/C20H26O11/c21-6-5-12(8-22)10-29-20-18(28)19(17(27)15(9-23)30-20)31-16(26)4-2-11-1-3-13(24)14(25)7-11/h1-5,7,15,17-25,27-28H,6,8-10H2/b4-2+,12-5+/t15-,17-,18-,19-,20-/m1/s1. The van der Waals surface area contributed by atoms with E-state index >= 15 is 0 Å². The molecule has 1 aromatic rings. The van der Waals surface area contributed by atoms with Crippen LogP contribution in [0, 0.1) is 0 Å². The normalized spacial score (nSPS) is 26.9. The Bertz CT molecular complexity index is 791. The van der Waals surface area contributed by atoms with Crippen LogP contribution in [0.25, 0.3) is 6.08 Å². The summed E-state index contributed by atoms with van der Waals surface area (Å²) in [7, 11) is 0. The molecule has 1 aromatic carbocycles. The molecule has 1 saturated heterocycles. The van der Waals surface area contributed by atoms with E-state index in [1.165, 1.54) is 30.4 Å². The first-order valence-electron chi connectivity index (χ1n) is 9.35. The van der Waals surface area contributed by atoms with Gasteiger partial charge in [-0.05, 0) is 29.3 Å². The summed E-state index contributed by atoms with van der Waals surface area (Å²) in [6.45, 7) is -1.62. The van der Waals surface area contributed by atoms with Crippen molar-refractivity contribution in [3.63, 3.8) is 0 Å². The van der Waals surface area contributed by atoms with Crippen LogP contribution in [0.3, 0.4) is 0 Å². The van der Waals surface area contributed by atoms with Gasteiger partial charge in [0.05, 0.1) is 26.4 Å². The number of phenols is 2. The molecular weight excluding hydrogens is 416 g/mol. The summed E-state index contributed by atoms with van der Waals surface area (Å²) in [5, 5.41) is 67.0. The Balaban J connectivity index is 2.07. The number of aromatic hydroxyl groups is 2. The summed E-state index contributed by atoms with van der Waals surface area (Å²) in [5.74, 6) is -1.65. The lowest BCUT2D eigenvalue weighted by Gasteiger charge is -2.41. The molecule has 7 N–H and O–H groups in total. The van der Waals surface area contributed by atoms with E-state index < -0.39 is 49.9 Å². The predicted octanol–water partition coefficient (Wildman–Crippen LogP) is -1.61. The maximum Gasteiger partial charge on any atom is 0.331 e. The first-order chi connectivity index (χ1) is 14.8. The third kappa shape index (κ3) is 6.74. The number of aliphatic hydroxyl groups excluding tert-OH is 5. The Morgan fingerprint density at radius 1 is 1.10 bits per heavy atom. The van der Waals surface area contributed by atoms with Crippen molar-refractivity contribution >= 4 is 12.0 Å². The summed E-state index contributed by atoms with van der Waals surface area (Å²) in [5.41, 5.74) is 0.681. The number of benzene rings is 1. The van der Waals surface area contributed by atoms with Gasteiger partial charge in [0, 0.05) is 6.08 Å². The molecule has 1 heterocycles. The zero-order valence-corrected chi connectivity index (χ0v) is 16.4. The summed E-state index contributed by atoms with van der Waals surface area (Å²) >= 11 is 0. The van der Waals surface area contributed by atoms with Gasteiger partial charge in [0.1, 0.15) is 18.3 Å². The quantitative estimate of drug-likeness (QED) is 0.101. The van der Waals surface area contributed by atoms with Crippen LogP contribution in [0.15, 0.2) is 35.9 Å². The summed E-state index contributed by atoms with van der Waals surface area (Å²) in [6, 6.07) is 3.87. The molecule has 0 saturated carbocycles. The fourth-order valence-corrected chi connectivity index (χ4v) is 2.80. The molecule has 0 aliphatic carbocycles. The van der Waals surface area contributed by atoms with Gasteiger partial charge >= 0.3 is 5.97 Å². The molecule has 172 valence electrons. The average molecular weight is 442 g/mol. The number of rotatable bonds is 9. The van der Waals surface area contributed by atoms with Crippen molar-refractivity contribution in [1.29, 1.82) is 0 Å². The Hall–Kier alpha value is -2.51.